The minimum absolute atomic E-state index is 0.00870. The second kappa shape index (κ2) is 6.94. The molecule has 0 saturated carbocycles. The summed E-state index contributed by atoms with van der Waals surface area (Å²) in [4.78, 5) is 10.8. The van der Waals surface area contributed by atoms with E-state index in [4.69, 9.17) is 4.74 Å². The number of carbonyl (C=O) groups excluding carboxylic acids is 1. The number of phenolic OH excluding ortho intramolecular Hbond substituents is 1. The molecule has 0 aliphatic carbocycles. The minimum Gasteiger partial charge on any atom is -0.508 e. The topological polar surface area (TPSA) is 46.5 Å². The average Bonchev–Trinajstić information content (AvgIpc) is 2.30. The molecule has 0 saturated heterocycles. The summed E-state index contributed by atoms with van der Waals surface area (Å²) in [5, 5.41) is 9.69. The van der Waals surface area contributed by atoms with Crippen LogP contribution in [0.4, 0.5) is 0 Å². The lowest BCUT2D eigenvalue weighted by Crippen LogP contribution is -2.06. The van der Waals surface area contributed by atoms with Gasteiger partial charge >= 0.3 is 0 Å². The summed E-state index contributed by atoms with van der Waals surface area (Å²) in [6, 6.07) is 5.12. The largest absolute Gasteiger partial charge is 0.508 e. The Labute approximate surface area is 102 Å². The summed E-state index contributed by atoms with van der Waals surface area (Å²) in [6.07, 6.45) is 4.20. The van der Waals surface area contributed by atoms with Gasteiger partial charge in [-0.3, -0.25) is 4.79 Å². The Morgan fingerprint density at radius 3 is 2.76 bits per heavy atom. The van der Waals surface area contributed by atoms with Gasteiger partial charge in [0.05, 0.1) is 0 Å². The molecule has 0 aliphatic heterocycles. The Morgan fingerprint density at radius 1 is 1.35 bits per heavy atom. The molecule has 94 valence electrons. The molecule has 0 unspecified atom stereocenters. The fraction of sp³-hybridized carbons (Fsp3) is 0.500. The van der Waals surface area contributed by atoms with Crippen LogP contribution in [0.15, 0.2) is 18.2 Å². The molecule has 0 bridgehead atoms. The zero-order valence-electron chi connectivity index (χ0n) is 10.5. The normalized spacial score (nSPS) is 10.2. The van der Waals surface area contributed by atoms with Crippen LogP contribution in [0.5, 0.6) is 11.5 Å². The third-order valence-corrected chi connectivity index (χ3v) is 2.54. The van der Waals surface area contributed by atoms with Crippen molar-refractivity contribution >= 4 is 5.78 Å². The van der Waals surface area contributed by atoms with Crippen LogP contribution in [-0.4, -0.2) is 17.5 Å². The number of benzene rings is 1. The Hall–Kier alpha value is -1.51. The predicted octanol–water partition coefficient (Wildman–Crippen LogP) is 3.09. The van der Waals surface area contributed by atoms with E-state index in [9.17, 15) is 9.90 Å². The first-order chi connectivity index (χ1) is 8.13. The van der Waals surface area contributed by atoms with Crippen molar-refractivity contribution in [1.82, 2.24) is 0 Å². The van der Waals surface area contributed by atoms with E-state index < -0.39 is 0 Å². The molecule has 0 atom stereocenters. The van der Waals surface area contributed by atoms with Gasteiger partial charge in [-0.25, -0.2) is 0 Å². The molecule has 0 fully saturated rings. The lowest BCUT2D eigenvalue weighted by molar-refractivity contribution is -0.118. The molecule has 0 aliphatic rings. The van der Waals surface area contributed by atoms with Crippen molar-refractivity contribution < 1.29 is 14.6 Å². The van der Waals surface area contributed by atoms with Crippen molar-refractivity contribution in [1.29, 1.82) is 0 Å². The highest BCUT2D eigenvalue weighted by Gasteiger charge is 2.04. The molecule has 0 amide bonds. The number of hydrogen-bond acceptors (Lipinski definition) is 3. The summed E-state index contributed by atoms with van der Waals surface area (Å²) in [5.74, 6) is 0.936. The minimum atomic E-state index is -0.00870. The van der Waals surface area contributed by atoms with E-state index in [0.29, 0.717) is 11.5 Å². The molecule has 1 aromatic rings. The summed E-state index contributed by atoms with van der Waals surface area (Å²) >= 11 is 0. The molecule has 0 spiro atoms. The predicted molar refractivity (Wildman–Crippen MR) is 67.5 cm³/mol. The van der Waals surface area contributed by atoms with Crippen LogP contribution in [-0.2, 0) is 11.2 Å². The fourth-order valence-electron chi connectivity index (χ4n) is 1.60. The van der Waals surface area contributed by atoms with Crippen molar-refractivity contribution in [3.8, 4) is 11.5 Å². The van der Waals surface area contributed by atoms with Crippen LogP contribution >= 0.6 is 0 Å². The van der Waals surface area contributed by atoms with Crippen molar-refractivity contribution in [2.75, 3.05) is 6.61 Å². The lowest BCUT2D eigenvalue weighted by Gasteiger charge is -2.08. The van der Waals surface area contributed by atoms with Crippen LogP contribution in [0.2, 0.25) is 0 Å². The number of rotatable bonds is 7. The quantitative estimate of drug-likeness (QED) is 0.740. The Morgan fingerprint density at radius 2 is 2.12 bits per heavy atom. The van der Waals surface area contributed by atoms with E-state index in [1.807, 2.05) is 6.07 Å². The molecule has 1 N–H and O–H groups in total. The van der Waals surface area contributed by atoms with Gasteiger partial charge in [-0.2, -0.15) is 0 Å². The number of ether oxygens (including phenoxy) is 1. The van der Waals surface area contributed by atoms with Gasteiger partial charge in [0.15, 0.2) is 5.78 Å². The Kier molecular flexibility index (Phi) is 5.53. The highest BCUT2D eigenvalue weighted by molar-refractivity contribution is 5.77. The maximum Gasteiger partial charge on any atom is 0.167 e. The van der Waals surface area contributed by atoms with Gasteiger partial charge in [0.1, 0.15) is 18.1 Å². The summed E-state index contributed by atoms with van der Waals surface area (Å²) in [5.41, 5.74) is 0.888. The van der Waals surface area contributed by atoms with Gasteiger partial charge in [-0.05, 0) is 43.5 Å². The van der Waals surface area contributed by atoms with E-state index in [-0.39, 0.29) is 12.4 Å². The third kappa shape index (κ3) is 4.89. The third-order valence-electron chi connectivity index (χ3n) is 2.54. The summed E-state index contributed by atoms with van der Waals surface area (Å²) in [7, 11) is 0. The molecule has 17 heavy (non-hydrogen) atoms. The highest BCUT2D eigenvalue weighted by atomic mass is 16.5. The molecule has 0 radical (unpaired) electrons. The molecule has 1 aromatic carbocycles. The van der Waals surface area contributed by atoms with Gasteiger partial charge in [0.2, 0.25) is 0 Å². The summed E-state index contributed by atoms with van der Waals surface area (Å²) in [6.45, 7) is 3.72. The number of carbonyl (C=O) groups is 1. The van der Waals surface area contributed by atoms with Crippen LogP contribution in [0.1, 0.15) is 38.7 Å². The van der Waals surface area contributed by atoms with Gasteiger partial charge in [0, 0.05) is 0 Å². The first-order valence-corrected chi connectivity index (χ1v) is 6.07. The van der Waals surface area contributed by atoms with Crippen LogP contribution in [0, 0.1) is 0 Å². The number of phenols is 1. The molecule has 3 nitrogen and oxygen atoms in total. The number of hydrogen-bond donors (Lipinski definition) is 1. The zero-order chi connectivity index (χ0) is 12.7. The van der Waals surface area contributed by atoms with E-state index in [1.165, 1.54) is 6.92 Å². The maximum atomic E-state index is 10.8. The van der Waals surface area contributed by atoms with Gasteiger partial charge in [0.25, 0.3) is 0 Å². The van der Waals surface area contributed by atoms with Crippen molar-refractivity contribution in [2.45, 2.75) is 39.5 Å². The smallest absolute Gasteiger partial charge is 0.167 e. The van der Waals surface area contributed by atoms with Crippen LogP contribution in [0.25, 0.3) is 0 Å². The Balaban J connectivity index is 2.62. The molecular formula is C14H20O3. The second-order valence-electron chi connectivity index (χ2n) is 4.24. The summed E-state index contributed by atoms with van der Waals surface area (Å²) < 4.78 is 5.31. The van der Waals surface area contributed by atoms with Crippen LogP contribution in [0.3, 0.4) is 0 Å². The molecule has 1 rings (SSSR count). The number of ketones is 1. The van der Waals surface area contributed by atoms with E-state index in [1.54, 1.807) is 12.1 Å². The SMILES string of the molecule is CCCCCc1cc(OCC(C)=O)ccc1O. The van der Waals surface area contributed by atoms with Gasteiger partial charge < -0.3 is 9.84 Å². The first-order valence-electron chi connectivity index (χ1n) is 6.07. The molecule has 0 heterocycles. The van der Waals surface area contributed by atoms with Gasteiger partial charge in [-0.15, -0.1) is 0 Å². The Bertz CT molecular complexity index is 372. The number of aromatic hydroxyl groups is 1. The zero-order valence-corrected chi connectivity index (χ0v) is 10.5. The number of Topliss-reactive ketones (excluding diaryl/α,β-unsaturated/α-hetero) is 1. The molecule has 3 heteroatoms. The van der Waals surface area contributed by atoms with Gasteiger partial charge in [-0.1, -0.05) is 19.8 Å². The number of unbranched alkanes of at least 4 members (excludes halogenated alkanes) is 2. The first kappa shape index (κ1) is 13.6. The van der Waals surface area contributed by atoms with Crippen molar-refractivity contribution in [3.05, 3.63) is 23.8 Å². The number of aryl methyl sites for hydroxylation is 1. The maximum absolute atomic E-state index is 10.8. The van der Waals surface area contributed by atoms with E-state index >= 15 is 0 Å². The second-order valence-corrected chi connectivity index (χ2v) is 4.24. The average molecular weight is 236 g/mol. The van der Waals surface area contributed by atoms with E-state index in [2.05, 4.69) is 6.92 Å². The molecule has 0 aromatic heterocycles. The molecular weight excluding hydrogens is 216 g/mol. The van der Waals surface area contributed by atoms with Crippen molar-refractivity contribution in [3.63, 3.8) is 0 Å². The monoisotopic (exact) mass is 236 g/mol. The van der Waals surface area contributed by atoms with E-state index in [0.717, 1.165) is 31.2 Å². The lowest BCUT2D eigenvalue weighted by atomic mass is 10.1. The standard InChI is InChI=1S/C14H20O3/c1-3-4-5-6-12-9-13(7-8-14(12)16)17-10-11(2)15/h7-9,16H,3-6,10H2,1-2H3. The van der Waals surface area contributed by atoms with Crippen LogP contribution < -0.4 is 4.74 Å². The fourth-order valence-corrected chi connectivity index (χ4v) is 1.60. The van der Waals surface area contributed by atoms with Crippen molar-refractivity contribution in [2.24, 2.45) is 0 Å². The highest BCUT2D eigenvalue weighted by Crippen LogP contribution is 2.24.